The molecule has 4 rings (SSSR count). The largest absolute Gasteiger partial charge is 0.478 e. The molecule has 37 heavy (non-hydrogen) atoms. The van der Waals surface area contributed by atoms with Crippen LogP contribution in [0.25, 0.3) is 0 Å². The number of ketones is 2. The van der Waals surface area contributed by atoms with Gasteiger partial charge in [-0.15, -0.1) is 0 Å². The van der Waals surface area contributed by atoms with Crippen molar-refractivity contribution in [3.8, 4) is 0 Å². The molecule has 4 aliphatic carbocycles. The van der Waals surface area contributed by atoms with Crippen molar-refractivity contribution in [2.45, 2.75) is 105 Å². The van der Waals surface area contributed by atoms with Gasteiger partial charge in [0.05, 0.1) is 23.7 Å². The molecule has 0 aliphatic heterocycles. The number of aliphatic hydroxyl groups is 3. The van der Waals surface area contributed by atoms with Crippen LogP contribution in [-0.4, -0.2) is 56.3 Å². The molecule has 8 atom stereocenters. The Labute approximate surface area is 220 Å². The van der Waals surface area contributed by atoms with E-state index in [1.54, 1.807) is 13.0 Å². The Morgan fingerprint density at radius 1 is 1.16 bits per heavy atom. The van der Waals surface area contributed by atoms with E-state index in [-0.39, 0.29) is 42.0 Å². The normalized spacial score (nSPS) is 43.7. The summed E-state index contributed by atoms with van der Waals surface area (Å²) in [4.78, 5) is 38.1. The lowest BCUT2D eigenvalue weighted by atomic mass is 9.42. The number of aliphatic carboxylic acids is 1. The van der Waals surface area contributed by atoms with Crippen molar-refractivity contribution < 1.29 is 34.8 Å². The molecule has 0 aromatic rings. The Hall–Kier alpha value is -1.83. The SMILES string of the molecule is CC(=CCCC(C)(O)C1CC(O)C2(C)C3=C(C(=O)CC12C)C1(C)CCC(=O)C(C)(CO)C1CC3)C(=O)O. The number of rotatable bonds is 6. The van der Waals surface area contributed by atoms with E-state index in [1.807, 2.05) is 20.8 Å². The lowest BCUT2D eigenvalue weighted by Gasteiger charge is -2.60. The highest BCUT2D eigenvalue weighted by atomic mass is 16.4. The second-order valence-electron chi connectivity index (χ2n) is 13.5. The monoisotopic (exact) mass is 516 g/mol. The van der Waals surface area contributed by atoms with Gasteiger partial charge in [-0.05, 0) is 69.6 Å². The fourth-order valence-electron chi connectivity index (χ4n) is 9.15. The zero-order chi connectivity index (χ0) is 27.8. The van der Waals surface area contributed by atoms with Gasteiger partial charge < -0.3 is 20.4 Å². The van der Waals surface area contributed by atoms with E-state index < -0.39 is 39.3 Å². The second-order valence-corrected chi connectivity index (χ2v) is 13.5. The summed E-state index contributed by atoms with van der Waals surface area (Å²) in [6.07, 6.45) is 4.31. The molecule has 4 aliphatic rings. The van der Waals surface area contributed by atoms with Crippen LogP contribution in [0.15, 0.2) is 22.8 Å². The number of carboxylic acids is 1. The number of hydrogen-bond donors (Lipinski definition) is 4. The fourth-order valence-corrected chi connectivity index (χ4v) is 9.15. The molecule has 0 amide bonds. The van der Waals surface area contributed by atoms with Gasteiger partial charge in [-0.25, -0.2) is 4.79 Å². The summed E-state index contributed by atoms with van der Waals surface area (Å²) in [5.74, 6) is -1.38. The number of aliphatic hydroxyl groups excluding tert-OH is 2. The molecule has 0 bridgehead atoms. The van der Waals surface area contributed by atoms with Crippen LogP contribution in [-0.2, 0) is 14.4 Å². The number of carboxylic acid groups (broad SMARTS) is 1. The van der Waals surface area contributed by atoms with E-state index >= 15 is 0 Å². The molecule has 8 unspecified atom stereocenters. The van der Waals surface area contributed by atoms with Crippen molar-refractivity contribution in [2.24, 2.45) is 33.5 Å². The maximum absolute atomic E-state index is 14.1. The number of hydrogen-bond acceptors (Lipinski definition) is 6. The molecule has 0 spiro atoms. The summed E-state index contributed by atoms with van der Waals surface area (Å²) in [6.45, 7) is 11.0. The first kappa shape index (κ1) is 28.2. The van der Waals surface area contributed by atoms with Gasteiger partial charge in [-0.2, -0.15) is 0 Å². The van der Waals surface area contributed by atoms with Crippen molar-refractivity contribution >= 4 is 17.5 Å². The first-order valence-electron chi connectivity index (χ1n) is 13.7. The third-order valence-electron chi connectivity index (χ3n) is 11.6. The molecule has 2 saturated carbocycles. The summed E-state index contributed by atoms with van der Waals surface area (Å²) >= 11 is 0. The number of carbonyl (C=O) groups is 3. The summed E-state index contributed by atoms with van der Waals surface area (Å²) in [5, 5.41) is 42.7. The smallest absolute Gasteiger partial charge is 0.330 e. The Morgan fingerprint density at radius 3 is 2.41 bits per heavy atom. The molecule has 4 N–H and O–H groups in total. The van der Waals surface area contributed by atoms with Crippen LogP contribution >= 0.6 is 0 Å². The number of allylic oxidation sites excluding steroid dienone is 2. The third kappa shape index (κ3) is 3.75. The molecule has 0 saturated heterocycles. The van der Waals surface area contributed by atoms with Crippen LogP contribution in [0.4, 0.5) is 0 Å². The van der Waals surface area contributed by atoms with E-state index in [2.05, 4.69) is 6.92 Å². The van der Waals surface area contributed by atoms with Gasteiger partial charge in [0.2, 0.25) is 0 Å². The van der Waals surface area contributed by atoms with Gasteiger partial charge in [0.25, 0.3) is 0 Å². The average molecular weight is 517 g/mol. The van der Waals surface area contributed by atoms with Crippen LogP contribution < -0.4 is 0 Å². The fraction of sp³-hybridized carbons (Fsp3) is 0.767. The van der Waals surface area contributed by atoms with E-state index in [4.69, 9.17) is 5.11 Å². The zero-order valence-electron chi connectivity index (χ0n) is 23.2. The van der Waals surface area contributed by atoms with Gasteiger partial charge in [0, 0.05) is 34.8 Å². The van der Waals surface area contributed by atoms with E-state index in [1.165, 1.54) is 6.92 Å². The number of fused-ring (bicyclic) bond motifs is 4. The van der Waals surface area contributed by atoms with Crippen molar-refractivity contribution in [1.29, 1.82) is 0 Å². The summed E-state index contributed by atoms with van der Waals surface area (Å²) < 4.78 is 0. The highest BCUT2D eigenvalue weighted by molar-refractivity contribution is 6.00. The second kappa shape index (κ2) is 8.85. The van der Waals surface area contributed by atoms with E-state index in [0.29, 0.717) is 44.9 Å². The predicted molar refractivity (Wildman–Crippen MR) is 138 cm³/mol. The Morgan fingerprint density at radius 2 is 1.81 bits per heavy atom. The molecule has 0 aromatic heterocycles. The lowest BCUT2D eigenvalue weighted by Crippen LogP contribution is -2.59. The Bertz CT molecular complexity index is 1090. The van der Waals surface area contributed by atoms with Gasteiger partial charge >= 0.3 is 5.97 Å². The van der Waals surface area contributed by atoms with E-state index in [0.717, 1.165) is 11.1 Å². The van der Waals surface area contributed by atoms with Gasteiger partial charge in [0.1, 0.15) is 5.78 Å². The Kier molecular flexibility index (Phi) is 6.74. The first-order valence-corrected chi connectivity index (χ1v) is 13.7. The van der Waals surface area contributed by atoms with E-state index in [9.17, 15) is 29.7 Å². The van der Waals surface area contributed by atoms with Crippen molar-refractivity contribution in [3.05, 3.63) is 22.8 Å². The molecular weight excluding hydrogens is 472 g/mol. The highest BCUT2D eigenvalue weighted by Crippen LogP contribution is 2.71. The summed E-state index contributed by atoms with van der Waals surface area (Å²) in [7, 11) is 0. The summed E-state index contributed by atoms with van der Waals surface area (Å²) in [6, 6.07) is 0. The van der Waals surface area contributed by atoms with Crippen molar-refractivity contribution in [3.63, 3.8) is 0 Å². The van der Waals surface area contributed by atoms with Crippen LogP contribution in [0.3, 0.4) is 0 Å². The maximum Gasteiger partial charge on any atom is 0.330 e. The minimum absolute atomic E-state index is 0.0355. The minimum Gasteiger partial charge on any atom is -0.478 e. The topological polar surface area (TPSA) is 132 Å². The number of carbonyl (C=O) groups excluding carboxylic acids is 2. The lowest BCUT2D eigenvalue weighted by molar-refractivity contribution is -0.149. The average Bonchev–Trinajstić information content (AvgIpc) is 3.03. The molecule has 7 nitrogen and oxygen atoms in total. The molecule has 0 radical (unpaired) electrons. The highest BCUT2D eigenvalue weighted by Gasteiger charge is 2.70. The van der Waals surface area contributed by atoms with Crippen LogP contribution in [0.5, 0.6) is 0 Å². The molecule has 0 heterocycles. The Balaban J connectivity index is 1.75. The molecule has 7 heteroatoms. The van der Waals surface area contributed by atoms with Gasteiger partial charge in [-0.1, -0.05) is 39.3 Å². The van der Waals surface area contributed by atoms with Crippen molar-refractivity contribution in [1.82, 2.24) is 0 Å². The minimum atomic E-state index is -1.20. The summed E-state index contributed by atoms with van der Waals surface area (Å²) in [5.41, 5.74) is -2.03. The van der Waals surface area contributed by atoms with Gasteiger partial charge in [0.15, 0.2) is 5.78 Å². The molecular formula is C30H44O7. The van der Waals surface area contributed by atoms with Crippen molar-refractivity contribution in [2.75, 3.05) is 6.61 Å². The van der Waals surface area contributed by atoms with Crippen LogP contribution in [0, 0.1) is 33.5 Å². The molecule has 206 valence electrons. The van der Waals surface area contributed by atoms with Gasteiger partial charge in [-0.3, -0.25) is 9.59 Å². The van der Waals surface area contributed by atoms with Crippen LogP contribution in [0.1, 0.15) is 92.9 Å². The first-order chi connectivity index (χ1) is 17.0. The zero-order valence-corrected chi connectivity index (χ0v) is 23.2. The van der Waals surface area contributed by atoms with Crippen LogP contribution in [0.2, 0.25) is 0 Å². The molecule has 0 aromatic carbocycles. The predicted octanol–water partition coefficient (Wildman–Crippen LogP) is 3.99. The third-order valence-corrected chi connectivity index (χ3v) is 11.6. The standard InChI is InChI=1S/C30H44O7/c1-17(25(35)36)8-7-12-29(5,37)21-14-23(34)30(6)18-9-10-20-26(2,13-11-22(33)27(20,3)16-31)24(18)19(32)15-28(21,30)4/h8,20-21,23,31,34,37H,7,9-16H2,1-6H3,(H,35,36). The molecule has 2 fully saturated rings. The number of Topliss-reactive ketones (excluding diaryl/α,β-unsaturated/α-hetero) is 2. The maximum atomic E-state index is 14.1. The quantitative estimate of drug-likeness (QED) is 0.393.